The molecule has 0 fully saturated rings. The molecule has 0 saturated heterocycles. The van der Waals surface area contributed by atoms with Crippen LogP contribution < -0.4 is 4.74 Å². The summed E-state index contributed by atoms with van der Waals surface area (Å²) in [5, 5.41) is 0. The van der Waals surface area contributed by atoms with Gasteiger partial charge < -0.3 is 4.74 Å². The van der Waals surface area contributed by atoms with E-state index in [2.05, 4.69) is 43.2 Å². The molecule has 4 rings (SSSR count). The molecule has 26 heavy (non-hydrogen) atoms. The molecule has 2 aliphatic rings. The average Bonchev–Trinajstić information content (AvgIpc) is 2.69. The van der Waals surface area contributed by atoms with Gasteiger partial charge in [-0.2, -0.15) is 0 Å². The molecule has 0 amide bonds. The van der Waals surface area contributed by atoms with Crippen molar-refractivity contribution in [1.29, 1.82) is 0 Å². The molecular weight excluding hydrogens is 364 g/mol. The summed E-state index contributed by atoms with van der Waals surface area (Å²) in [6, 6.07) is 16.7. The molecule has 0 spiro atoms. The molecule has 0 bridgehead atoms. The van der Waals surface area contributed by atoms with Crippen molar-refractivity contribution in [2.75, 3.05) is 7.11 Å². The summed E-state index contributed by atoms with van der Waals surface area (Å²) in [5.41, 5.74) is 5.13. The van der Waals surface area contributed by atoms with Gasteiger partial charge in [0, 0.05) is 23.8 Å². The summed E-state index contributed by atoms with van der Waals surface area (Å²) in [4.78, 5) is 19.8. The third-order valence-electron chi connectivity index (χ3n) is 5.22. The molecule has 2 aromatic rings. The van der Waals surface area contributed by atoms with E-state index in [0.717, 1.165) is 18.6 Å². The van der Waals surface area contributed by atoms with Crippen molar-refractivity contribution in [2.45, 2.75) is 25.2 Å². The van der Waals surface area contributed by atoms with Crippen LogP contribution in [-0.2, 0) is 33.4 Å². The van der Waals surface area contributed by atoms with Crippen LogP contribution in [-0.4, -0.2) is 19.7 Å². The number of rotatable bonds is 2. The third kappa shape index (κ3) is 3.82. The number of aryl methyl sites for hydroxylation is 1. The van der Waals surface area contributed by atoms with Crippen LogP contribution in [0.15, 0.2) is 54.6 Å². The molecule has 0 aliphatic heterocycles. The number of methoxy groups -OCH3 is 1. The van der Waals surface area contributed by atoms with Crippen LogP contribution in [0, 0.1) is 5.92 Å². The summed E-state index contributed by atoms with van der Waals surface area (Å²) in [7, 11) is 1.68. The topological polar surface area (TPSA) is 43.4 Å². The average molecular weight is 384 g/mol. The van der Waals surface area contributed by atoms with Crippen LogP contribution in [0.4, 0.5) is 0 Å². The van der Waals surface area contributed by atoms with Crippen molar-refractivity contribution in [3.63, 3.8) is 0 Å². The van der Waals surface area contributed by atoms with Crippen molar-refractivity contribution in [1.82, 2.24) is 0 Å². The van der Waals surface area contributed by atoms with E-state index in [0.29, 0.717) is 12.3 Å². The minimum absolute atomic E-state index is 0. The Morgan fingerprint density at radius 2 is 1.69 bits per heavy atom. The van der Waals surface area contributed by atoms with E-state index in [1.807, 2.05) is 18.2 Å². The molecule has 0 heterocycles. The van der Waals surface area contributed by atoms with E-state index in [1.54, 1.807) is 7.11 Å². The van der Waals surface area contributed by atoms with Crippen molar-refractivity contribution in [3.8, 4) is 5.75 Å². The number of hydrogen-bond donors (Lipinski definition) is 0. The molecule has 4 heteroatoms. The zero-order valence-electron chi connectivity index (χ0n) is 14.6. The maximum absolute atomic E-state index is 12.3. The van der Waals surface area contributed by atoms with Gasteiger partial charge in [0.2, 0.25) is 0 Å². The normalized spacial score (nSPS) is 20.3. The molecule has 2 aliphatic carbocycles. The molecule has 132 valence electrons. The minimum Gasteiger partial charge on any atom is -0.497 e. The van der Waals surface area contributed by atoms with Gasteiger partial charge in [-0.1, -0.05) is 36.4 Å². The van der Waals surface area contributed by atoms with E-state index in [9.17, 15) is 4.79 Å². The first-order valence-electron chi connectivity index (χ1n) is 8.43. The fraction of sp³-hybridized carbons (Fsp3) is 0.273. The number of hydrogen-bond acceptors (Lipinski definition) is 3. The molecule has 2 radical (unpaired) electrons. The molecule has 3 nitrogen and oxygen atoms in total. The predicted molar refractivity (Wildman–Crippen MR) is 97.3 cm³/mol. The molecule has 2 aromatic carbocycles. The van der Waals surface area contributed by atoms with Crippen LogP contribution >= 0.6 is 0 Å². The zero-order chi connectivity index (χ0) is 17.8. The van der Waals surface area contributed by atoms with Gasteiger partial charge in [0.15, 0.2) is 5.78 Å². The minimum atomic E-state index is 0. The Kier molecular flexibility index (Phi) is 6.97. The van der Waals surface area contributed by atoms with Crippen LogP contribution in [0.3, 0.4) is 0 Å². The summed E-state index contributed by atoms with van der Waals surface area (Å²) in [6.07, 6.45) is 4.72. The van der Waals surface area contributed by atoms with Crippen molar-refractivity contribution < 1.29 is 31.7 Å². The fourth-order valence-electron chi connectivity index (χ4n) is 4.08. The first-order chi connectivity index (χ1) is 12.3. The monoisotopic (exact) mass is 384 g/mol. The molecular formula is C22H20CrO3. The standard InChI is InChI=1S/C21H20O2.CO.Cr/c1-23-17-9-6-15(7-10-17)20-12-16(22)13-21-18-5-3-2-4-14(18)8-11-19(20)21;1-2;/h2-7,9-10,13,19-20H,8,11-12H2,1H3;;. The molecule has 2 atom stereocenters. The van der Waals surface area contributed by atoms with Gasteiger partial charge in [0.25, 0.3) is 6.79 Å². The Bertz CT molecular complexity index is 795. The van der Waals surface area contributed by atoms with Crippen molar-refractivity contribution in [2.24, 2.45) is 5.92 Å². The van der Waals surface area contributed by atoms with Crippen LogP contribution in [0.1, 0.15) is 35.4 Å². The van der Waals surface area contributed by atoms with Gasteiger partial charge in [0.05, 0.1) is 7.11 Å². The van der Waals surface area contributed by atoms with Crippen molar-refractivity contribution in [3.05, 3.63) is 71.3 Å². The molecule has 0 aromatic heterocycles. The molecule has 0 saturated carbocycles. The Hall–Kier alpha value is -2.15. The Labute approximate surface area is 165 Å². The summed E-state index contributed by atoms with van der Waals surface area (Å²) in [6.45, 7) is 4.50. The SMILES string of the molecule is COc1ccc(C2CC(=O)C=C3c4ccccc4CCC32)cc1.[C]=O.[Cr]. The van der Waals surface area contributed by atoms with Gasteiger partial charge in [-0.3, -0.25) is 9.59 Å². The summed E-state index contributed by atoms with van der Waals surface area (Å²) in [5.74, 6) is 1.83. The van der Waals surface area contributed by atoms with Gasteiger partial charge in [-0.25, -0.2) is 0 Å². The van der Waals surface area contributed by atoms with Crippen LogP contribution in [0.25, 0.3) is 5.57 Å². The van der Waals surface area contributed by atoms with Crippen LogP contribution in [0.5, 0.6) is 5.75 Å². The molecule has 0 N–H and O–H groups in total. The fourth-order valence-corrected chi connectivity index (χ4v) is 4.08. The summed E-state index contributed by atoms with van der Waals surface area (Å²) >= 11 is 0. The second kappa shape index (κ2) is 8.98. The number of benzene rings is 2. The summed E-state index contributed by atoms with van der Waals surface area (Å²) < 4.78 is 5.25. The number of ketones is 1. The van der Waals surface area contributed by atoms with E-state index in [1.165, 1.54) is 22.3 Å². The van der Waals surface area contributed by atoms with Crippen LogP contribution in [0.2, 0.25) is 0 Å². The number of ether oxygens (including phenoxy) is 1. The van der Waals surface area contributed by atoms with Crippen molar-refractivity contribution >= 4 is 18.1 Å². The van der Waals surface area contributed by atoms with E-state index in [4.69, 9.17) is 9.53 Å². The first kappa shape index (κ1) is 20.2. The Morgan fingerprint density at radius 3 is 2.38 bits per heavy atom. The smallest absolute Gasteiger partial charge is 0.281 e. The number of carbonyl (C=O) groups is 1. The second-order valence-electron chi connectivity index (χ2n) is 6.45. The maximum atomic E-state index is 12.3. The van der Waals surface area contributed by atoms with Gasteiger partial charge in [-0.15, -0.1) is 0 Å². The predicted octanol–water partition coefficient (Wildman–Crippen LogP) is 4.00. The maximum Gasteiger partial charge on any atom is 0.281 e. The number of fused-ring (bicyclic) bond motifs is 3. The largest absolute Gasteiger partial charge is 0.497 e. The second-order valence-corrected chi connectivity index (χ2v) is 6.45. The zero-order valence-corrected chi connectivity index (χ0v) is 15.9. The van der Waals surface area contributed by atoms with Gasteiger partial charge >= 0.3 is 0 Å². The molecule has 2 unspecified atom stereocenters. The van der Waals surface area contributed by atoms with E-state index >= 15 is 0 Å². The Balaban J connectivity index is 0.000000784. The van der Waals surface area contributed by atoms with E-state index in [-0.39, 0.29) is 29.1 Å². The van der Waals surface area contributed by atoms with Gasteiger partial charge in [-0.05, 0) is 65.1 Å². The number of carbonyl (C=O) groups excluding carboxylic acids is 2. The van der Waals surface area contributed by atoms with Gasteiger partial charge in [0.1, 0.15) is 5.75 Å². The number of allylic oxidation sites excluding steroid dienone is 2. The third-order valence-corrected chi connectivity index (χ3v) is 5.22. The quantitative estimate of drug-likeness (QED) is 0.786. The van der Waals surface area contributed by atoms with E-state index < -0.39 is 0 Å². The Morgan fingerprint density at radius 1 is 1.00 bits per heavy atom. The first-order valence-corrected chi connectivity index (χ1v) is 8.43.